The fourth-order valence-electron chi connectivity index (χ4n) is 2.40. The van der Waals surface area contributed by atoms with Crippen LogP contribution in [0.5, 0.6) is 0 Å². The van der Waals surface area contributed by atoms with Gasteiger partial charge >= 0.3 is 0 Å². The van der Waals surface area contributed by atoms with Crippen molar-refractivity contribution in [2.45, 2.75) is 6.42 Å². The van der Waals surface area contributed by atoms with Crippen LogP contribution in [0.15, 0.2) is 22.7 Å². The van der Waals surface area contributed by atoms with Crippen molar-refractivity contribution in [1.82, 2.24) is 4.90 Å². The van der Waals surface area contributed by atoms with Crippen LogP contribution in [-0.4, -0.2) is 23.9 Å². The fraction of sp³-hybridized carbons (Fsp3) is 0.417. The van der Waals surface area contributed by atoms with Crippen LogP contribution in [0.2, 0.25) is 5.02 Å². The maximum absolute atomic E-state index is 12.2. The maximum atomic E-state index is 12.2. The predicted octanol–water partition coefficient (Wildman–Crippen LogP) is 3.19. The van der Waals surface area contributed by atoms with Gasteiger partial charge < -0.3 is 4.90 Å². The number of nitrogens with zero attached hydrogens (tertiary/aromatic N) is 1. The second-order valence-corrected chi connectivity index (χ2v) is 5.91. The van der Waals surface area contributed by atoms with Gasteiger partial charge in [0.1, 0.15) is 0 Å². The molecule has 16 heavy (non-hydrogen) atoms. The van der Waals surface area contributed by atoms with Gasteiger partial charge in [0.2, 0.25) is 0 Å². The Morgan fingerprint density at radius 2 is 2.06 bits per heavy atom. The molecule has 1 heterocycles. The number of likely N-dealkylation sites (tertiary alicyclic amines) is 1. The molecule has 3 rings (SSSR count). The molecule has 0 N–H and O–H groups in total. The highest BCUT2D eigenvalue weighted by Crippen LogP contribution is 2.45. The molecule has 2 nitrogen and oxygen atoms in total. The van der Waals surface area contributed by atoms with Crippen molar-refractivity contribution >= 4 is 33.4 Å². The highest BCUT2D eigenvalue weighted by atomic mass is 79.9. The van der Waals surface area contributed by atoms with E-state index >= 15 is 0 Å². The van der Waals surface area contributed by atoms with Crippen molar-refractivity contribution in [1.29, 1.82) is 0 Å². The first kappa shape index (κ1) is 10.6. The molecule has 1 aliphatic carbocycles. The van der Waals surface area contributed by atoms with E-state index in [4.69, 9.17) is 11.6 Å². The molecule has 2 atom stereocenters. The van der Waals surface area contributed by atoms with Gasteiger partial charge in [0.25, 0.3) is 5.91 Å². The Morgan fingerprint density at radius 3 is 2.69 bits per heavy atom. The van der Waals surface area contributed by atoms with Crippen molar-refractivity contribution in [2.24, 2.45) is 11.8 Å². The average Bonchev–Trinajstić information content (AvgIpc) is 2.85. The molecule has 0 radical (unpaired) electrons. The Morgan fingerprint density at radius 1 is 1.38 bits per heavy atom. The summed E-state index contributed by atoms with van der Waals surface area (Å²) in [6.45, 7) is 1.83. The van der Waals surface area contributed by atoms with Crippen LogP contribution in [0, 0.1) is 11.8 Å². The highest BCUT2D eigenvalue weighted by molar-refractivity contribution is 9.10. The number of piperidine rings is 1. The normalized spacial score (nSPS) is 26.8. The van der Waals surface area contributed by atoms with Gasteiger partial charge in [-0.3, -0.25) is 4.79 Å². The van der Waals surface area contributed by atoms with Gasteiger partial charge in [0.15, 0.2) is 0 Å². The first-order valence-corrected chi connectivity index (χ1v) is 6.56. The quantitative estimate of drug-likeness (QED) is 0.780. The van der Waals surface area contributed by atoms with E-state index in [0.717, 1.165) is 29.4 Å². The SMILES string of the molecule is O=C(c1ccc(Br)cc1Cl)N1CC2CC2C1. The summed E-state index contributed by atoms with van der Waals surface area (Å²) in [5, 5.41) is 0.528. The summed E-state index contributed by atoms with van der Waals surface area (Å²) in [5.74, 6) is 1.60. The van der Waals surface area contributed by atoms with Gasteiger partial charge in [-0.25, -0.2) is 0 Å². The second-order valence-electron chi connectivity index (χ2n) is 4.59. The molecule has 1 amide bonds. The lowest BCUT2D eigenvalue weighted by Gasteiger charge is -2.18. The van der Waals surface area contributed by atoms with Gasteiger partial charge in [-0.2, -0.15) is 0 Å². The smallest absolute Gasteiger partial charge is 0.255 e. The Hall–Kier alpha value is -0.540. The zero-order chi connectivity index (χ0) is 11.3. The molecule has 2 unspecified atom stereocenters. The molecular formula is C12H11BrClNO. The zero-order valence-electron chi connectivity index (χ0n) is 8.62. The first-order valence-electron chi connectivity index (χ1n) is 5.39. The third-order valence-corrected chi connectivity index (χ3v) is 4.23. The Kier molecular flexibility index (Phi) is 2.48. The van der Waals surface area contributed by atoms with Crippen molar-refractivity contribution in [2.75, 3.05) is 13.1 Å². The van der Waals surface area contributed by atoms with E-state index in [1.165, 1.54) is 6.42 Å². The van der Waals surface area contributed by atoms with Crippen LogP contribution in [0.25, 0.3) is 0 Å². The number of rotatable bonds is 1. The predicted molar refractivity (Wildman–Crippen MR) is 66.7 cm³/mol. The lowest BCUT2D eigenvalue weighted by molar-refractivity contribution is 0.0775. The average molecular weight is 301 g/mol. The first-order chi connectivity index (χ1) is 7.65. The van der Waals surface area contributed by atoms with E-state index in [9.17, 15) is 4.79 Å². The topological polar surface area (TPSA) is 20.3 Å². The minimum absolute atomic E-state index is 0.0738. The monoisotopic (exact) mass is 299 g/mol. The Labute approximate surface area is 108 Å². The number of halogens is 2. The molecule has 1 aliphatic heterocycles. The molecule has 0 spiro atoms. The van der Waals surface area contributed by atoms with Crippen LogP contribution in [-0.2, 0) is 0 Å². The van der Waals surface area contributed by atoms with Crippen LogP contribution in [0.4, 0.5) is 0 Å². The van der Waals surface area contributed by atoms with Crippen LogP contribution in [0.3, 0.4) is 0 Å². The Bertz CT molecular complexity index is 452. The summed E-state index contributed by atoms with van der Waals surface area (Å²) in [5.41, 5.74) is 0.617. The standard InChI is InChI=1S/C12H11BrClNO/c13-9-1-2-10(11(14)4-9)12(16)15-5-7-3-8(7)6-15/h1-2,4,7-8H,3,5-6H2. The number of hydrogen-bond donors (Lipinski definition) is 0. The molecule has 2 aliphatic rings. The van der Waals surface area contributed by atoms with Gasteiger partial charge in [-0.05, 0) is 36.5 Å². The summed E-state index contributed by atoms with van der Waals surface area (Å²) < 4.78 is 0.901. The molecule has 0 bridgehead atoms. The third-order valence-electron chi connectivity index (χ3n) is 3.43. The molecule has 1 aromatic rings. The van der Waals surface area contributed by atoms with Crippen molar-refractivity contribution in [3.63, 3.8) is 0 Å². The number of hydrogen-bond acceptors (Lipinski definition) is 1. The highest BCUT2D eigenvalue weighted by Gasteiger charge is 2.46. The molecule has 1 saturated heterocycles. The number of carbonyl (C=O) groups excluding carboxylic acids is 1. The minimum atomic E-state index is 0.0738. The van der Waals surface area contributed by atoms with Gasteiger partial charge in [-0.15, -0.1) is 0 Å². The van der Waals surface area contributed by atoms with Crippen LogP contribution >= 0.6 is 27.5 Å². The summed E-state index contributed by atoms with van der Waals surface area (Å²) >= 11 is 9.41. The molecule has 2 fully saturated rings. The number of amides is 1. The maximum Gasteiger partial charge on any atom is 0.255 e. The fourth-order valence-corrected chi connectivity index (χ4v) is 3.15. The van der Waals surface area contributed by atoms with Gasteiger partial charge in [-0.1, -0.05) is 27.5 Å². The summed E-state index contributed by atoms with van der Waals surface area (Å²) in [6.07, 6.45) is 1.30. The van der Waals surface area contributed by atoms with E-state index in [1.54, 1.807) is 12.1 Å². The molecule has 0 aromatic heterocycles. The van der Waals surface area contributed by atoms with Crippen LogP contribution in [0.1, 0.15) is 16.8 Å². The Balaban J connectivity index is 1.83. The van der Waals surface area contributed by atoms with Gasteiger partial charge in [0, 0.05) is 17.6 Å². The lowest BCUT2D eigenvalue weighted by atomic mass is 10.2. The van der Waals surface area contributed by atoms with E-state index < -0.39 is 0 Å². The molecular weight excluding hydrogens is 289 g/mol. The van der Waals surface area contributed by atoms with Gasteiger partial charge in [0.05, 0.1) is 10.6 Å². The third kappa shape index (κ3) is 1.76. The zero-order valence-corrected chi connectivity index (χ0v) is 11.0. The summed E-state index contributed by atoms with van der Waals surface area (Å²) in [4.78, 5) is 14.1. The van der Waals surface area contributed by atoms with E-state index in [-0.39, 0.29) is 5.91 Å². The number of fused-ring (bicyclic) bond motifs is 1. The lowest BCUT2D eigenvalue weighted by Crippen LogP contribution is -2.30. The van der Waals surface area contributed by atoms with Crippen molar-refractivity contribution in [3.8, 4) is 0 Å². The van der Waals surface area contributed by atoms with E-state index in [1.807, 2.05) is 11.0 Å². The largest absolute Gasteiger partial charge is 0.338 e. The second kappa shape index (κ2) is 3.74. The molecule has 84 valence electrons. The summed E-state index contributed by atoms with van der Waals surface area (Å²) in [7, 11) is 0. The molecule has 1 aromatic carbocycles. The molecule has 4 heteroatoms. The van der Waals surface area contributed by atoms with Crippen molar-refractivity contribution < 1.29 is 4.79 Å². The van der Waals surface area contributed by atoms with Crippen molar-refractivity contribution in [3.05, 3.63) is 33.3 Å². The van der Waals surface area contributed by atoms with Crippen LogP contribution < -0.4 is 0 Å². The summed E-state index contributed by atoms with van der Waals surface area (Å²) in [6, 6.07) is 5.42. The van der Waals surface area contributed by atoms with E-state index in [2.05, 4.69) is 15.9 Å². The molecule has 1 saturated carbocycles. The number of carbonyl (C=O) groups is 1. The minimum Gasteiger partial charge on any atom is -0.338 e. The van der Waals surface area contributed by atoms with E-state index in [0.29, 0.717) is 10.6 Å². The number of benzene rings is 1.